The number of likely N-dealkylation sites (tertiary alicyclic amines) is 1. The number of carbonyl (C=O) groups excluding carboxylic acids is 2. The Morgan fingerprint density at radius 1 is 1.04 bits per heavy atom. The highest BCUT2D eigenvalue weighted by molar-refractivity contribution is 5.98. The number of hydrogen-bond donors (Lipinski definition) is 1. The molecule has 26 heavy (non-hydrogen) atoms. The Balaban J connectivity index is 1.48. The van der Waals surface area contributed by atoms with Crippen molar-refractivity contribution >= 4 is 11.7 Å². The fourth-order valence-corrected chi connectivity index (χ4v) is 3.12. The molecule has 5 heteroatoms. The summed E-state index contributed by atoms with van der Waals surface area (Å²) < 4.78 is 5.55. The molecule has 0 radical (unpaired) electrons. The van der Waals surface area contributed by atoms with E-state index in [2.05, 4.69) is 0 Å². The highest BCUT2D eigenvalue weighted by Crippen LogP contribution is 2.23. The number of ether oxygens (including phenoxy) is 1. The van der Waals surface area contributed by atoms with Crippen LogP contribution in [-0.4, -0.2) is 41.4 Å². The lowest BCUT2D eigenvalue weighted by Gasteiger charge is -2.31. The van der Waals surface area contributed by atoms with E-state index >= 15 is 0 Å². The Labute approximate surface area is 153 Å². The van der Waals surface area contributed by atoms with Gasteiger partial charge in [0.15, 0.2) is 12.4 Å². The van der Waals surface area contributed by atoms with Gasteiger partial charge in [-0.25, -0.2) is 0 Å². The van der Waals surface area contributed by atoms with E-state index in [9.17, 15) is 14.7 Å². The topological polar surface area (TPSA) is 66.8 Å². The second-order valence-corrected chi connectivity index (χ2v) is 6.67. The molecule has 0 aromatic heterocycles. The minimum Gasteiger partial charge on any atom is -0.508 e. The van der Waals surface area contributed by atoms with Crippen LogP contribution >= 0.6 is 0 Å². The average molecular weight is 353 g/mol. The molecule has 0 spiro atoms. The van der Waals surface area contributed by atoms with Crippen molar-refractivity contribution in [3.05, 3.63) is 59.7 Å². The zero-order valence-corrected chi connectivity index (χ0v) is 14.9. The summed E-state index contributed by atoms with van der Waals surface area (Å²) in [5.74, 6) is 0.771. The van der Waals surface area contributed by atoms with Gasteiger partial charge in [-0.1, -0.05) is 17.7 Å². The predicted molar refractivity (Wildman–Crippen MR) is 98.4 cm³/mol. The largest absolute Gasteiger partial charge is 0.508 e. The van der Waals surface area contributed by atoms with Crippen LogP contribution in [0.1, 0.15) is 28.8 Å². The molecule has 1 N–H and O–H groups in total. The lowest BCUT2D eigenvalue weighted by molar-refractivity contribution is -0.134. The van der Waals surface area contributed by atoms with Crippen LogP contribution in [0.2, 0.25) is 0 Å². The Bertz CT molecular complexity index is 760. The third kappa shape index (κ3) is 4.42. The van der Waals surface area contributed by atoms with E-state index in [1.807, 2.05) is 31.2 Å². The maximum Gasteiger partial charge on any atom is 0.260 e. The minimum atomic E-state index is -0.0818. The van der Waals surface area contributed by atoms with E-state index in [1.165, 1.54) is 12.1 Å². The molecule has 1 heterocycles. The maximum absolute atomic E-state index is 12.5. The molecule has 0 unspecified atom stereocenters. The Morgan fingerprint density at radius 3 is 2.27 bits per heavy atom. The fraction of sp³-hybridized carbons (Fsp3) is 0.333. The standard InChI is InChI=1S/C21H23NO4/c1-15-2-8-19(9-3-15)26-14-20(24)22-12-10-17(11-13-22)21(25)16-4-6-18(23)7-5-16/h2-9,17,23H,10-14H2,1H3. The second-order valence-electron chi connectivity index (χ2n) is 6.67. The minimum absolute atomic E-state index is 0.0135. The molecule has 1 aliphatic rings. The molecule has 1 aliphatic heterocycles. The summed E-state index contributed by atoms with van der Waals surface area (Å²) in [4.78, 5) is 26.6. The van der Waals surface area contributed by atoms with Gasteiger partial charge in [0.05, 0.1) is 0 Å². The monoisotopic (exact) mass is 353 g/mol. The maximum atomic E-state index is 12.5. The number of piperidine rings is 1. The van der Waals surface area contributed by atoms with Crippen molar-refractivity contribution in [3.8, 4) is 11.5 Å². The van der Waals surface area contributed by atoms with Gasteiger partial charge in [0, 0.05) is 24.6 Å². The number of carbonyl (C=O) groups is 2. The number of aryl methyl sites for hydroxylation is 1. The van der Waals surface area contributed by atoms with Crippen molar-refractivity contribution < 1.29 is 19.4 Å². The van der Waals surface area contributed by atoms with E-state index in [4.69, 9.17) is 4.74 Å². The molecular weight excluding hydrogens is 330 g/mol. The Kier molecular flexibility index (Phi) is 5.56. The van der Waals surface area contributed by atoms with Gasteiger partial charge < -0.3 is 14.7 Å². The number of benzene rings is 2. The van der Waals surface area contributed by atoms with Gasteiger partial charge in [-0.2, -0.15) is 0 Å². The molecule has 1 saturated heterocycles. The van der Waals surface area contributed by atoms with Crippen molar-refractivity contribution in [2.24, 2.45) is 5.92 Å². The smallest absolute Gasteiger partial charge is 0.260 e. The number of ketones is 1. The quantitative estimate of drug-likeness (QED) is 0.838. The first-order valence-corrected chi connectivity index (χ1v) is 8.83. The van der Waals surface area contributed by atoms with Crippen molar-refractivity contribution in [3.63, 3.8) is 0 Å². The van der Waals surface area contributed by atoms with Gasteiger partial charge in [-0.05, 0) is 56.2 Å². The highest BCUT2D eigenvalue weighted by Gasteiger charge is 2.28. The molecule has 0 bridgehead atoms. The van der Waals surface area contributed by atoms with Crippen LogP contribution in [0.4, 0.5) is 0 Å². The third-order valence-corrected chi connectivity index (χ3v) is 4.75. The molecule has 0 saturated carbocycles. The number of rotatable bonds is 5. The molecule has 3 rings (SSSR count). The van der Waals surface area contributed by atoms with Gasteiger partial charge in [-0.3, -0.25) is 9.59 Å². The van der Waals surface area contributed by atoms with Crippen molar-refractivity contribution in [2.45, 2.75) is 19.8 Å². The number of nitrogens with zero attached hydrogens (tertiary/aromatic N) is 1. The molecule has 1 fully saturated rings. The van der Waals surface area contributed by atoms with Gasteiger partial charge in [0.2, 0.25) is 0 Å². The van der Waals surface area contributed by atoms with E-state index in [0.717, 1.165) is 5.56 Å². The number of amides is 1. The zero-order valence-electron chi connectivity index (χ0n) is 14.9. The average Bonchev–Trinajstić information content (AvgIpc) is 2.67. The van der Waals surface area contributed by atoms with Crippen LogP contribution in [0, 0.1) is 12.8 Å². The van der Waals surface area contributed by atoms with Crippen LogP contribution in [-0.2, 0) is 4.79 Å². The summed E-state index contributed by atoms with van der Waals surface area (Å²) in [7, 11) is 0. The SMILES string of the molecule is Cc1ccc(OCC(=O)N2CCC(C(=O)c3ccc(O)cc3)CC2)cc1. The Morgan fingerprint density at radius 2 is 1.65 bits per heavy atom. The molecule has 1 amide bonds. The van der Waals surface area contributed by atoms with E-state index in [-0.39, 0.29) is 30.0 Å². The summed E-state index contributed by atoms with van der Waals surface area (Å²) in [5.41, 5.74) is 1.75. The molecule has 0 aliphatic carbocycles. The van der Waals surface area contributed by atoms with Crippen molar-refractivity contribution in [2.75, 3.05) is 19.7 Å². The van der Waals surface area contributed by atoms with E-state index < -0.39 is 0 Å². The van der Waals surface area contributed by atoms with Crippen LogP contribution in [0.25, 0.3) is 0 Å². The van der Waals surface area contributed by atoms with Gasteiger partial charge >= 0.3 is 0 Å². The summed E-state index contributed by atoms with van der Waals surface area (Å²) in [6.07, 6.45) is 1.30. The first kappa shape index (κ1) is 18.0. The number of aromatic hydroxyl groups is 1. The number of hydrogen-bond acceptors (Lipinski definition) is 4. The van der Waals surface area contributed by atoms with Crippen molar-refractivity contribution in [1.82, 2.24) is 4.90 Å². The van der Waals surface area contributed by atoms with Crippen molar-refractivity contribution in [1.29, 1.82) is 0 Å². The van der Waals surface area contributed by atoms with Gasteiger partial charge in [0.25, 0.3) is 5.91 Å². The Hall–Kier alpha value is -2.82. The summed E-state index contributed by atoms with van der Waals surface area (Å²) in [5, 5.41) is 9.32. The van der Waals surface area contributed by atoms with E-state index in [0.29, 0.717) is 37.2 Å². The number of phenolic OH excluding ortho intramolecular Hbond substituents is 1. The summed E-state index contributed by atoms with van der Waals surface area (Å²) in [6, 6.07) is 13.9. The zero-order chi connectivity index (χ0) is 18.5. The second kappa shape index (κ2) is 8.04. The van der Waals surface area contributed by atoms with Gasteiger partial charge in [0.1, 0.15) is 11.5 Å². The normalized spacial score (nSPS) is 14.9. The van der Waals surface area contributed by atoms with Crippen LogP contribution in [0.5, 0.6) is 11.5 Å². The number of phenols is 1. The van der Waals surface area contributed by atoms with Crippen LogP contribution in [0.3, 0.4) is 0 Å². The van der Waals surface area contributed by atoms with E-state index in [1.54, 1.807) is 17.0 Å². The molecule has 2 aromatic rings. The first-order valence-electron chi connectivity index (χ1n) is 8.83. The molecule has 5 nitrogen and oxygen atoms in total. The number of Topliss-reactive ketones (excluding diaryl/α,β-unsaturated/α-hetero) is 1. The first-order chi connectivity index (χ1) is 12.5. The summed E-state index contributed by atoms with van der Waals surface area (Å²) in [6.45, 7) is 3.13. The lowest BCUT2D eigenvalue weighted by Crippen LogP contribution is -2.42. The fourth-order valence-electron chi connectivity index (χ4n) is 3.12. The van der Waals surface area contributed by atoms with Crippen LogP contribution in [0.15, 0.2) is 48.5 Å². The predicted octanol–water partition coefficient (Wildman–Crippen LogP) is 3.20. The molecule has 0 atom stereocenters. The van der Waals surface area contributed by atoms with Gasteiger partial charge in [-0.15, -0.1) is 0 Å². The third-order valence-electron chi connectivity index (χ3n) is 4.75. The highest BCUT2D eigenvalue weighted by atomic mass is 16.5. The molecule has 136 valence electrons. The van der Waals surface area contributed by atoms with Crippen LogP contribution < -0.4 is 4.74 Å². The molecule has 2 aromatic carbocycles. The lowest BCUT2D eigenvalue weighted by atomic mass is 9.89. The molecular formula is C21H23NO4. The summed E-state index contributed by atoms with van der Waals surface area (Å²) >= 11 is 0.